The molecule has 1 aromatic rings. The number of likely N-dealkylation sites (tertiary alicyclic amines) is 1. The van der Waals surface area contributed by atoms with Gasteiger partial charge in [-0.05, 0) is 11.4 Å². The molecule has 1 aliphatic heterocycles. The lowest BCUT2D eigenvalue weighted by atomic mass is 9.98. The Kier molecular flexibility index (Phi) is 5.33. The molecule has 2 rings (SSSR count). The highest BCUT2D eigenvalue weighted by Gasteiger charge is 2.32. The van der Waals surface area contributed by atoms with Crippen molar-refractivity contribution in [3.8, 4) is 0 Å². The van der Waals surface area contributed by atoms with Crippen LogP contribution >= 0.6 is 11.3 Å². The van der Waals surface area contributed by atoms with E-state index in [1.165, 1.54) is 0 Å². The normalized spacial score (nSPS) is 23.7. The fourth-order valence-electron chi connectivity index (χ4n) is 2.44. The molecule has 0 saturated carbocycles. The van der Waals surface area contributed by atoms with Crippen molar-refractivity contribution in [2.75, 3.05) is 32.8 Å². The van der Waals surface area contributed by atoms with E-state index >= 15 is 0 Å². The van der Waals surface area contributed by atoms with E-state index in [0.717, 1.165) is 4.88 Å². The summed E-state index contributed by atoms with van der Waals surface area (Å²) >= 11 is 1.62. The first-order valence-corrected chi connectivity index (χ1v) is 7.34. The fourth-order valence-corrected chi connectivity index (χ4v) is 3.08. The molecule has 0 aliphatic carbocycles. The van der Waals surface area contributed by atoms with E-state index in [0.29, 0.717) is 26.2 Å². The number of nitrogens with zero attached hydrogens (tertiary/aromatic N) is 1. The number of nitrogens with one attached hydrogen (secondary N) is 1. The molecule has 2 heterocycles. The average molecular weight is 284 g/mol. The maximum Gasteiger partial charge on any atom is 0.234 e. The Hall–Kier alpha value is -0.950. The van der Waals surface area contributed by atoms with E-state index in [4.69, 9.17) is 0 Å². The summed E-state index contributed by atoms with van der Waals surface area (Å²) in [4.78, 5) is 14.9. The van der Waals surface area contributed by atoms with Crippen molar-refractivity contribution >= 4 is 17.2 Å². The standard InChI is InChI=1S/C13H20N2O3S/c16-8-10-5-15(6-11(10)9-17)7-13(18)14-4-12-2-1-3-19-12/h1-3,10-11,16-17H,4-9H2,(H,14,18)/t10-,11-/m0/s1. The van der Waals surface area contributed by atoms with E-state index in [-0.39, 0.29) is 31.0 Å². The Balaban J connectivity index is 1.74. The van der Waals surface area contributed by atoms with Gasteiger partial charge in [0, 0.05) is 43.0 Å². The molecule has 19 heavy (non-hydrogen) atoms. The van der Waals surface area contributed by atoms with Gasteiger partial charge in [0.2, 0.25) is 5.91 Å². The average Bonchev–Trinajstić information content (AvgIpc) is 3.04. The number of hydrogen-bond donors (Lipinski definition) is 3. The topological polar surface area (TPSA) is 72.8 Å². The van der Waals surface area contributed by atoms with Crippen LogP contribution in [0.25, 0.3) is 0 Å². The molecule has 2 atom stereocenters. The molecular formula is C13H20N2O3S. The molecule has 3 N–H and O–H groups in total. The third kappa shape index (κ3) is 4.01. The second-order valence-electron chi connectivity index (χ2n) is 4.94. The first kappa shape index (κ1) is 14.5. The minimum Gasteiger partial charge on any atom is -0.396 e. The molecule has 1 saturated heterocycles. The number of carbonyl (C=O) groups is 1. The lowest BCUT2D eigenvalue weighted by Gasteiger charge is -2.14. The zero-order chi connectivity index (χ0) is 13.7. The molecular weight excluding hydrogens is 264 g/mol. The van der Waals surface area contributed by atoms with Gasteiger partial charge in [0.05, 0.1) is 13.1 Å². The minimum atomic E-state index is -0.0105. The van der Waals surface area contributed by atoms with Crippen molar-refractivity contribution in [2.45, 2.75) is 6.54 Å². The molecule has 1 aliphatic rings. The van der Waals surface area contributed by atoms with Crippen LogP contribution in [-0.2, 0) is 11.3 Å². The summed E-state index contributed by atoms with van der Waals surface area (Å²) in [5.74, 6) is 0.147. The molecule has 0 radical (unpaired) electrons. The summed E-state index contributed by atoms with van der Waals surface area (Å²) in [6.45, 7) is 2.38. The molecule has 5 nitrogen and oxygen atoms in total. The first-order chi connectivity index (χ1) is 9.22. The van der Waals surface area contributed by atoms with Crippen LogP contribution in [0.1, 0.15) is 4.88 Å². The summed E-state index contributed by atoms with van der Waals surface area (Å²) in [6.07, 6.45) is 0. The van der Waals surface area contributed by atoms with Gasteiger partial charge in [0.15, 0.2) is 0 Å². The van der Waals surface area contributed by atoms with Crippen LogP contribution < -0.4 is 5.32 Å². The zero-order valence-electron chi connectivity index (χ0n) is 10.8. The van der Waals surface area contributed by atoms with Gasteiger partial charge < -0.3 is 15.5 Å². The van der Waals surface area contributed by atoms with Crippen LogP contribution in [-0.4, -0.2) is 53.9 Å². The molecule has 0 bridgehead atoms. The maximum absolute atomic E-state index is 11.8. The summed E-state index contributed by atoms with van der Waals surface area (Å²) in [5.41, 5.74) is 0. The molecule has 0 spiro atoms. The minimum absolute atomic E-state index is 0.0105. The van der Waals surface area contributed by atoms with Gasteiger partial charge in [-0.2, -0.15) is 0 Å². The van der Waals surface area contributed by atoms with Crippen molar-refractivity contribution in [2.24, 2.45) is 11.8 Å². The lowest BCUT2D eigenvalue weighted by Crippen LogP contribution is -2.36. The number of carbonyl (C=O) groups excluding carboxylic acids is 1. The SMILES string of the molecule is O=C(CN1C[C@@H](CO)[C@H](CO)C1)NCc1cccs1. The van der Waals surface area contributed by atoms with Crippen LogP contribution in [0.5, 0.6) is 0 Å². The summed E-state index contributed by atoms with van der Waals surface area (Å²) in [6, 6.07) is 3.95. The Morgan fingerprint density at radius 2 is 2.05 bits per heavy atom. The molecule has 6 heteroatoms. The van der Waals surface area contributed by atoms with Crippen LogP contribution in [0.15, 0.2) is 17.5 Å². The number of amides is 1. The van der Waals surface area contributed by atoms with Crippen LogP contribution in [0.2, 0.25) is 0 Å². The van der Waals surface area contributed by atoms with Crippen molar-refractivity contribution in [3.63, 3.8) is 0 Å². The number of thiophene rings is 1. The Bertz CT molecular complexity index is 385. The smallest absolute Gasteiger partial charge is 0.234 e. The Morgan fingerprint density at radius 3 is 2.58 bits per heavy atom. The highest BCUT2D eigenvalue weighted by atomic mass is 32.1. The predicted octanol–water partition coefficient (Wildman–Crippen LogP) is -0.103. The van der Waals surface area contributed by atoms with E-state index in [1.807, 2.05) is 22.4 Å². The van der Waals surface area contributed by atoms with Gasteiger partial charge in [0.1, 0.15) is 0 Å². The lowest BCUT2D eigenvalue weighted by molar-refractivity contribution is -0.122. The zero-order valence-corrected chi connectivity index (χ0v) is 11.6. The monoisotopic (exact) mass is 284 g/mol. The van der Waals surface area contributed by atoms with Gasteiger partial charge in [0.25, 0.3) is 0 Å². The van der Waals surface area contributed by atoms with Crippen molar-refractivity contribution in [1.82, 2.24) is 10.2 Å². The third-order valence-corrected chi connectivity index (χ3v) is 4.40. The van der Waals surface area contributed by atoms with E-state index in [9.17, 15) is 15.0 Å². The van der Waals surface area contributed by atoms with Gasteiger partial charge in [-0.3, -0.25) is 9.69 Å². The molecule has 0 aromatic carbocycles. The van der Waals surface area contributed by atoms with Gasteiger partial charge >= 0.3 is 0 Å². The van der Waals surface area contributed by atoms with Gasteiger partial charge in [-0.1, -0.05) is 6.07 Å². The molecule has 1 fully saturated rings. The van der Waals surface area contributed by atoms with Crippen molar-refractivity contribution in [1.29, 1.82) is 0 Å². The molecule has 106 valence electrons. The van der Waals surface area contributed by atoms with E-state index < -0.39 is 0 Å². The maximum atomic E-state index is 11.8. The van der Waals surface area contributed by atoms with Gasteiger partial charge in [-0.15, -0.1) is 11.3 Å². The van der Waals surface area contributed by atoms with Crippen LogP contribution in [0, 0.1) is 11.8 Å². The van der Waals surface area contributed by atoms with E-state index in [1.54, 1.807) is 11.3 Å². The Labute approximate surface area is 116 Å². The highest BCUT2D eigenvalue weighted by Crippen LogP contribution is 2.22. The number of rotatable bonds is 6. The van der Waals surface area contributed by atoms with Crippen LogP contribution in [0.4, 0.5) is 0 Å². The summed E-state index contributed by atoms with van der Waals surface area (Å²) < 4.78 is 0. The third-order valence-electron chi connectivity index (χ3n) is 3.53. The highest BCUT2D eigenvalue weighted by molar-refractivity contribution is 7.09. The predicted molar refractivity (Wildman–Crippen MR) is 73.8 cm³/mol. The van der Waals surface area contributed by atoms with Gasteiger partial charge in [-0.25, -0.2) is 0 Å². The molecule has 0 unspecified atom stereocenters. The molecule has 1 aromatic heterocycles. The largest absolute Gasteiger partial charge is 0.396 e. The molecule has 1 amide bonds. The second-order valence-corrected chi connectivity index (χ2v) is 5.97. The fraction of sp³-hybridized carbons (Fsp3) is 0.615. The van der Waals surface area contributed by atoms with Crippen molar-refractivity contribution in [3.05, 3.63) is 22.4 Å². The van der Waals surface area contributed by atoms with Crippen molar-refractivity contribution < 1.29 is 15.0 Å². The number of aliphatic hydroxyl groups is 2. The van der Waals surface area contributed by atoms with Crippen LogP contribution in [0.3, 0.4) is 0 Å². The first-order valence-electron chi connectivity index (χ1n) is 6.46. The van der Waals surface area contributed by atoms with E-state index in [2.05, 4.69) is 5.32 Å². The summed E-state index contributed by atoms with van der Waals surface area (Å²) in [7, 11) is 0. The number of aliphatic hydroxyl groups excluding tert-OH is 2. The Morgan fingerprint density at radius 1 is 1.37 bits per heavy atom. The second kappa shape index (κ2) is 7.00. The number of hydrogen-bond acceptors (Lipinski definition) is 5. The quantitative estimate of drug-likeness (QED) is 0.682. The summed E-state index contributed by atoms with van der Waals surface area (Å²) in [5, 5.41) is 23.3.